The Morgan fingerprint density at radius 2 is 1.07 bits per heavy atom. The molecular formula is C42H36N6O8. The molecule has 2 amide bonds. The molecule has 0 aliphatic carbocycles. The Labute approximate surface area is 319 Å². The van der Waals surface area contributed by atoms with Gasteiger partial charge in [-0.25, -0.2) is 14.8 Å². The first-order valence-corrected chi connectivity index (χ1v) is 17.3. The number of hydrogen-bond acceptors (Lipinski definition) is 9. The van der Waals surface area contributed by atoms with Gasteiger partial charge in [0.1, 0.15) is 24.5 Å². The molecule has 7 aromatic rings. The molecule has 14 nitrogen and oxygen atoms in total. The summed E-state index contributed by atoms with van der Waals surface area (Å²) in [4.78, 5) is 70.8. The molecule has 4 heterocycles. The van der Waals surface area contributed by atoms with Gasteiger partial charge in [-0.1, -0.05) is 90.5 Å². The standard InChI is InChI=1S/C25H22N4O4.C17H14N2O4/c1-16-7-6-10-19(13-16)23(30)27-28-24(31)21-22(33-15-18-8-4-3-5-9-18)25(32)29-14-17(2)11-12-20(29)26-21;1-11-7-8-13-18-14(17(21)22)15(16(20)19(13)9-11)23-10-12-5-3-2-4-6-12/h3-14H,15H2,1-2H3,(H,27,30)(H,28,31);2-9H,10H2,1H3,(H,21,22). The fourth-order valence-corrected chi connectivity index (χ4v) is 5.51. The molecule has 0 saturated carbocycles. The normalized spacial score (nSPS) is 10.6. The lowest BCUT2D eigenvalue weighted by Gasteiger charge is -2.13. The van der Waals surface area contributed by atoms with E-state index in [9.17, 15) is 29.1 Å². The van der Waals surface area contributed by atoms with Crippen molar-refractivity contribution >= 4 is 29.1 Å². The number of fused-ring (bicyclic) bond motifs is 2. The lowest BCUT2D eigenvalue weighted by molar-refractivity contribution is 0.0684. The minimum Gasteiger partial charge on any atom is -0.481 e. The molecule has 0 spiro atoms. The number of hydrazine groups is 1. The summed E-state index contributed by atoms with van der Waals surface area (Å²) in [5.41, 5.74) is 8.25. The Morgan fingerprint density at radius 1 is 0.589 bits per heavy atom. The monoisotopic (exact) mass is 752 g/mol. The van der Waals surface area contributed by atoms with Crippen molar-refractivity contribution in [1.82, 2.24) is 29.6 Å². The molecule has 0 bridgehead atoms. The highest BCUT2D eigenvalue weighted by Crippen LogP contribution is 2.17. The van der Waals surface area contributed by atoms with Crippen molar-refractivity contribution in [3.63, 3.8) is 0 Å². The van der Waals surface area contributed by atoms with E-state index in [4.69, 9.17) is 9.47 Å². The number of hydrogen-bond donors (Lipinski definition) is 3. The van der Waals surface area contributed by atoms with Crippen LogP contribution >= 0.6 is 0 Å². The van der Waals surface area contributed by atoms with E-state index < -0.39 is 28.9 Å². The van der Waals surface area contributed by atoms with Gasteiger partial charge in [-0.2, -0.15) is 0 Å². The van der Waals surface area contributed by atoms with Crippen LogP contribution in [0.5, 0.6) is 11.5 Å². The second-order valence-electron chi connectivity index (χ2n) is 12.7. The lowest BCUT2D eigenvalue weighted by atomic mass is 10.1. The molecule has 0 aliphatic rings. The minimum absolute atomic E-state index is 0.0750. The van der Waals surface area contributed by atoms with E-state index in [-0.39, 0.29) is 47.4 Å². The highest BCUT2D eigenvalue weighted by atomic mass is 16.5. The summed E-state index contributed by atoms with van der Waals surface area (Å²) in [6.45, 7) is 5.71. The zero-order valence-electron chi connectivity index (χ0n) is 30.6. The molecule has 0 unspecified atom stereocenters. The van der Waals surface area contributed by atoms with E-state index in [1.54, 1.807) is 54.9 Å². The van der Waals surface area contributed by atoms with Crippen LogP contribution in [-0.2, 0) is 13.2 Å². The summed E-state index contributed by atoms with van der Waals surface area (Å²) in [5, 5.41) is 9.31. The van der Waals surface area contributed by atoms with Crippen LogP contribution in [0.3, 0.4) is 0 Å². The molecule has 3 N–H and O–H groups in total. The quantitative estimate of drug-likeness (QED) is 0.165. The minimum atomic E-state index is -1.30. The van der Waals surface area contributed by atoms with Gasteiger partial charge in [0.25, 0.3) is 11.8 Å². The number of nitrogens with one attached hydrogen (secondary N) is 2. The van der Waals surface area contributed by atoms with Crippen LogP contribution in [0.25, 0.3) is 11.3 Å². The van der Waals surface area contributed by atoms with Crippen LogP contribution in [0.1, 0.15) is 59.2 Å². The van der Waals surface area contributed by atoms with E-state index in [1.807, 2.05) is 87.5 Å². The smallest absolute Gasteiger partial charge is 0.358 e. The number of aromatic nitrogens is 4. The van der Waals surface area contributed by atoms with Gasteiger partial charge < -0.3 is 14.6 Å². The number of amides is 2. The number of carbonyl (C=O) groups excluding carboxylic acids is 2. The Kier molecular flexibility index (Phi) is 11.6. The summed E-state index contributed by atoms with van der Waals surface area (Å²) < 4.78 is 13.9. The van der Waals surface area contributed by atoms with Crippen molar-refractivity contribution in [3.05, 3.63) is 187 Å². The van der Waals surface area contributed by atoms with Gasteiger partial charge in [-0.15, -0.1) is 0 Å². The fraction of sp³-hybridized carbons (Fsp3) is 0.119. The third-order valence-electron chi connectivity index (χ3n) is 8.30. The van der Waals surface area contributed by atoms with Gasteiger partial charge in [0.05, 0.1) is 0 Å². The van der Waals surface area contributed by atoms with E-state index in [1.165, 1.54) is 8.80 Å². The number of aryl methyl sites for hydroxylation is 3. The average Bonchev–Trinajstić information content (AvgIpc) is 3.20. The Bertz CT molecular complexity index is 2700. The van der Waals surface area contributed by atoms with Gasteiger partial charge >= 0.3 is 17.1 Å². The Balaban J connectivity index is 0.000000202. The first-order valence-electron chi connectivity index (χ1n) is 17.3. The van der Waals surface area contributed by atoms with Crippen LogP contribution in [0.4, 0.5) is 0 Å². The van der Waals surface area contributed by atoms with Crippen LogP contribution < -0.4 is 31.4 Å². The van der Waals surface area contributed by atoms with Gasteiger partial charge in [0, 0.05) is 18.0 Å². The van der Waals surface area contributed by atoms with Gasteiger partial charge in [0.2, 0.25) is 11.5 Å². The molecule has 3 aromatic carbocycles. The summed E-state index contributed by atoms with van der Waals surface area (Å²) in [7, 11) is 0. The van der Waals surface area contributed by atoms with Crippen LogP contribution in [0, 0.1) is 20.8 Å². The third-order valence-corrected chi connectivity index (χ3v) is 8.30. The van der Waals surface area contributed by atoms with Crippen LogP contribution in [0.2, 0.25) is 0 Å². The van der Waals surface area contributed by atoms with Gasteiger partial charge in [0.15, 0.2) is 11.4 Å². The zero-order valence-corrected chi connectivity index (χ0v) is 30.6. The molecule has 7 rings (SSSR count). The Morgan fingerprint density at radius 3 is 1.57 bits per heavy atom. The van der Waals surface area contributed by atoms with E-state index in [2.05, 4.69) is 20.8 Å². The first-order chi connectivity index (χ1) is 27.0. The highest BCUT2D eigenvalue weighted by molar-refractivity contribution is 5.99. The predicted molar refractivity (Wildman–Crippen MR) is 207 cm³/mol. The first kappa shape index (κ1) is 38.1. The van der Waals surface area contributed by atoms with Gasteiger partial charge in [-0.3, -0.25) is 38.8 Å². The molecule has 0 saturated heterocycles. The maximum atomic E-state index is 13.2. The van der Waals surface area contributed by atoms with E-state index in [0.29, 0.717) is 5.56 Å². The van der Waals surface area contributed by atoms with Gasteiger partial charge in [-0.05, 0) is 67.3 Å². The second-order valence-corrected chi connectivity index (χ2v) is 12.7. The maximum absolute atomic E-state index is 13.2. The SMILES string of the molecule is Cc1ccc2nc(C(=O)O)c(OCc3ccccc3)c(=O)n2c1.Cc1cccc(C(=O)NNC(=O)c2nc3ccc(C)cn3c(=O)c2OCc2ccccc2)c1. The zero-order chi connectivity index (χ0) is 39.8. The number of benzene rings is 3. The second kappa shape index (κ2) is 17.0. The number of rotatable bonds is 9. The summed E-state index contributed by atoms with van der Waals surface area (Å²) in [6, 6.07) is 32.2. The molecule has 14 heteroatoms. The van der Waals surface area contributed by atoms with Crippen molar-refractivity contribution < 1.29 is 29.0 Å². The van der Waals surface area contributed by atoms with Crippen LogP contribution in [-0.4, -0.2) is 41.7 Å². The molecule has 0 radical (unpaired) electrons. The van der Waals surface area contributed by atoms with Crippen molar-refractivity contribution in [3.8, 4) is 11.5 Å². The predicted octanol–water partition coefficient (Wildman–Crippen LogP) is 5.25. The topological polar surface area (TPSA) is 183 Å². The fourth-order valence-electron chi connectivity index (χ4n) is 5.51. The molecule has 0 atom stereocenters. The number of pyridine rings is 2. The van der Waals surface area contributed by atoms with Crippen molar-refractivity contribution in [2.45, 2.75) is 34.0 Å². The lowest BCUT2D eigenvalue weighted by Crippen LogP contribution is -2.42. The van der Waals surface area contributed by atoms with Crippen molar-refractivity contribution in [2.75, 3.05) is 0 Å². The highest BCUT2D eigenvalue weighted by Gasteiger charge is 2.23. The number of carboxylic acids is 1. The average molecular weight is 753 g/mol. The summed E-state index contributed by atoms with van der Waals surface area (Å²) >= 11 is 0. The maximum Gasteiger partial charge on any atom is 0.358 e. The third kappa shape index (κ3) is 8.94. The number of nitrogens with zero attached hydrogens (tertiary/aromatic N) is 4. The van der Waals surface area contributed by atoms with E-state index in [0.717, 1.165) is 27.8 Å². The molecular weight excluding hydrogens is 716 g/mol. The molecule has 56 heavy (non-hydrogen) atoms. The number of carboxylic acid groups (broad SMARTS) is 1. The number of carbonyl (C=O) groups is 3. The molecule has 0 fully saturated rings. The number of ether oxygens (including phenoxy) is 2. The van der Waals surface area contributed by atoms with Crippen molar-refractivity contribution in [2.24, 2.45) is 0 Å². The van der Waals surface area contributed by atoms with E-state index >= 15 is 0 Å². The molecule has 4 aromatic heterocycles. The molecule has 0 aliphatic heterocycles. The summed E-state index contributed by atoms with van der Waals surface area (Å²) in [5.74, 6) is -3.02. The summed E-state index contributed by atoms with van der Waals surface area (Å²) in [6.07, 6.45) is 3.23. The largest absolute Gasteiger partial charge is 0.481 e. The van der Waals surface area contributed by atoms with Crippen molar-refractivity contribution in [1.29, 1.82) is 0 Å². The Hall–Kier alpha value is -7.61. The number of aromatic carboxylic acids is 1. The molecule has 282 valence electrons. The van der Waals surface area contributed by atoms with Crippen LogP contribution in [0.15, 0.2) is 131 Å².